The lowest BCUT2D eigenvalue weighted by atomic mass is 9.98. The van der Waals surface area contributed by atoms with Crippen LogP contribution < -0.4 is 0 Å². The quantitative estimate of drug-likeness (QED) is 0.190. The number of amidine groups is 1. The molecule has 1 aliphatic heterocycles. The van der Waals surface area contributed by atoms with Crippen LogP contribution in [0.15, 0.2) is 186 Å². The monoisotopic (exact) mass is 650 g/mol. The van der Waals surface area contributed by atoms with E-state index in [0.717, 1.165) is 71.7 Å². The highest BCUT2D eigenvalue weighted by Gasteiger charge is 2.26. The van der Waals surface area contributed by atoms with Crippen LogP contribution in [-0.2, 0) is 9.73 Å². The average Bonchev–Trinajstić information content (AvgIpc) is 3.74. The zero-order valence-corrected chi connectivity index (χ0v) is 26.9. The Hall–Kier alpha value is -6.24. The largest absolute Gasteiger partial charge is 0.456 e. The van der Waals surface area contributed by atoms with Gasteiger partial charge < -0.3 is 8.83 Å². The first-order valence-corrected chi connectivity index (χ1v) is 17.6. The van der Waals surface area contributed by atoms with Gasteiger partial charge in [-0.25, -0.2) is 9.20 Å². The molecule has 9 aromatic rings. The third kappa shape index (κ3) is 4.31. The molecule has 0 saturated carbocycles. The van der Waals surface area contributed by atoms with E-state index in [-0.39, 0.29) is 0 Å². The molecule has 0 aliphatic carbocycles. The second-order valence-corrected chi connectivity index (χ2v) is 14.3. The summed E-state index contributed by atoms with van der Waals surface area (Å²) in [5, 5.41) is 4.31. The molecule has 0 fully saturated rings. The van der Waals surface area contributed by atoms with Gasteiger partial charge in [0.05, 0.1) is 15.5 Å². The Morgan fingerprint density at radius 1 is 0.449 bits per heavy atom. The number of hydrogen-bond donors (Lipinski definition) is 0. The van der Waals surface area contributed by atoms with Crippen LogP contribution in [0.4, 0.5) is 5.69 Å². The summed E-state index contributed by atoms with van der Waals surface area (Å²) >= 11 is 0. The maximum absolute atomic E-state index is 15.1. The van der Waals surface area contributed by atoms with Crippen molar-refractivity contribution in [1.82, 2.24) is 0 Å². The molecule has 1 aliphatic rings. The van der Waals surface area contributed by atoms with Crippen LogP contribution >= 0.6 is 0 Å². The van der Waals surface area contributed by atoms with Crippen molar-refractivity contribution in [1.29, 1.82) is 0 Å². The van der Waals surface area contributed by atoms with E-state index in [4.69, 9.17) is 18.2 Å². The SMILES string of the molecule is O=S1(c2ccc(-c3cccc4oc5ccccc5c34)cc2)=NC(c2ccc(-c3cccc4oc5ccccc5c34)cc2)=Nc2ccccc21. The molecule has 49 heavy (non-hydrogen) atoms. The van der Waals surface area contributed by atoms with Gasteiger partial charge in [-0.1, -0.05) is 109 Å². The minimum absolute atomic E-state index is 0.445. The van der Waals surface area contributed by atoms with E-state index in [9.17, 15) is 0 Å². The minimum Gasteiger partial charge on any atom is -0.456 e. The number of fused-ring (bicyclic) bond motifs is 7. The lowest BCUT2D eigenvalue weighted by Gasteiger charge is -2.19. The van der Waals surface area contributed by atoms with Gasteiger partial charge in [-0.2, -0.15) is 4.36 Å². The van der Waals surface area contributed by atoms with E-state index >= 15 is 4.21 Å². The highest BCUT2D eigenvalue weighted by molar-refractivity contribution is 7.94. The molecule has 0 saturated heterocycles. The standard InChI is InChI=1S/C43H26N2O3S/c46-49(30-25-23-28(24-26-30)32-12-8-17-39-42(32)34-10-2-5-15-37(34)48-39)40-18-6-3-13-35(40)44-43(45-49)29-21-19-27(20-22-29)31-11-7-16-38-41(31)33-9-1-4-14-36(33)47-38/h1-26H. The number of aliphatic imine (C=N–C) groups is 1. The molecule has 1 atom stereocenters. The third-order valence-electron chi connectivity index (χ3n) is 9.35. The fourth-order valence-electron chi connectivity index (χ4n) is 7.03. The topological polar surface area (TPSA) is 68.1 Å². The summed E-state index contributed by atoms with van der Waals surface area (Å²) in [6, 6.07) is 52.1. The number of para-hydroxylation sites is 3. The van der Waals surface area contributed by atoms with Gasteiger partial charge in [0.2, 0.25) is 0 Å². The molecule has 3 heterocycles. The Morgan fingerprint density at radius 2 is 0.939 bits per heavy atom. The Morgan fingerprint density at radius 3 is 1.55 bits per heavy atom. The summed E-state index contributed by atoms with van der Waals surface area (Å²) in [5.74, 6) is 0.445. The highest BCUT2D eigenvalue weighted by atomic mass is 32.2. The number of rotatable bonds is 4. The molecule has 2 aromatic heterocycles. The van der Waals surface area contributed by atoms with E-state index in [1.807, 2.05) is 121 Å². The Labute approximate surface area is 282 Å². The molecule has 0 bridgehead atoms. The molecular formula is C43H26N2O3S. The van der Waals surface area contributed by atoms with Crippen molar-refractivity contribution < 1.29 is 13.0 Å². The number of furan rings is 2. The smallest absolute Gasteiger partial charge is 0.170 e. The first-order valence-electron chi connectivity index (χ1n) is 16.1. The maximum Gasteiger partial charge on any atom is 0.170 e. The van der Waals surface area contributed by atoms with Gasteiger partial charge in [-0.05, 0) is 70.8 Å². The van der Waals surface area contributed by atoms with Gasteiger partial charge in [0.15, 0.2) is 5.84 Å². The second-order valence-electron chi connectivity index (χ2n) is 12.2. The molecular weight excluding hydrogens is 625 g/mol. The summed E-state index contributed by atoms with van der Waals surface area (Å²) < 4.78 is 32.2. The van der Waals surface area contributed by atoms with Crippen LogP contribution in [0, 0.1) is 0 Å². The molecule has 0 N–H and O–H groups in total. The number of hydrogen-bond acceptors (Lipinski definition) is 5. The normalized spacial score (nSPS) is 15.8. The molecule has 5 nitrogen and oxygen atoms in total. The van der Waals surface area contributed by atoms with Crippen molar-refractivity contribution in [2.45, 2.75) is 9.79 Å². The van der Waals surface area contributed by atoms with Crippen molar-refractivity contribution in [2.24, 2.45) is 9.36 Å². The highest BCUT2D eigenvalue weighted by Crippen LogP contribution is 2.40. The predicted octanol–water partition coefficient (Wildman–Crippen LogP) is 11.8. The Balaban J connectivity index is 1.06. The molecule has 232 valence electrons. The van der Waals surface area contributed by atoms with Gasteiger partial charge in [-0.3, -0.25) is 0 Å². The fourth-order valence-corrected chi connectivity index (χ4v) is 9.05. The van der Waals surface area contributed by atoms with Gasteiger partial charge in [0.25, 0.3) is 0 Å². The van der Waals surface area contributed by atoms with Crippen LogP contribution in [0.1, 0.15) is 5.56 Å². The molecule has 7 aromatic carbocycles. The molecule has 0 spiro atoms. The first kappa shape index (κ1) is 27.8. The Kier molecular flexibility index (Phi) is 6.04. The molecule has 10 rings (SSSR count). The van der Waals surface area contributed by atoms with E-state index in [1.165, 1.54) is 0 Å². The van der Waals surface area contributed by atoms with Crippen molar-refractivity contribution >= 4 is 65.1 Å². The molecule has 0 amide bonds. The van der Waals surface area contributed by atoms with Gasteiger partial charge in [0, 0.05) is 27.1 Å². The Bertz CT molecular complexity index is 2920. The molecule has 0 radical (unpaired) electrons. The lowest BCUT2D eigenvalue weighted by molar-refractivity contribution is 0.668. The lowest BCUT2D eigenvalue weighted by Crippen LogP contribution is -2.11. The molecule has 6 heteroatoms. The summed E-state index contributed by atoms with van der Waals surface area (Å²) in [7, 11) is -3.04. The van der Waals surface area contributed by atoms with Crippen LogP contribution in [0.3, 0.4) is 0 Å². The van der Waals surface area contributed by atoms with Gasteiger partial charge >= 0.3 is 0 Å². The van der Waals surface area contributed by atoms with Gasteiger partial charge in [0.1, 0.15) is 32.1 Å². The van der Waals surface area contributed by atoms with Crippen LogP contribution in [-0.4, -0.2) is 10.0 Å². The van der Waals surface area contributed by atoms with E-state index in [2.05, 4.69) is 36.4 Å². The summed E-state index contributed by atoms with van der Waals surface area (Å²) in [6.07, 6.45) is 0. The van der Waals surface area contributed by atoms with E-state index < -0.39 is 9.73 Å². The zero-order valence-electron chi connectivity index (χ0n) is 26.0. The fraction of sp³-hybridized carbons (Fsp3) is 0. The van der Waals surface area contributed by atoms with Crippen LogP contribution in [0.5, 0.6) is 0 Å². The van der Waals surface area contributed by atoms with Crippen molar-refractivity contribution in [3.8, 4) is 22.3 Å². The van der Waals surface area contributed by atoms with Crippen LogP contribution in [0.2, 0.25) is 0 Å². The predicted molar refractivity (Wildman–Crippen MR) is 198 cm³/mol. The summed E-state index contributed by atoms with van der Waals surface area (Å²) in [5.41, 5.74) is 9.08. The van der Waals surface area contributed by atoms with Gasteiger partial charge in [-0.15, -0.1) is 0 Å². The average molecular weight is 651 g/mol. The second kappa shape index (κ2) is 10.6. The maximum atomic E-state index is 15.1. The third-order valence-corrected chi connectivity index (χ3v) is 11.6. The van der Waals surface area contributed by atoms with Crippen molar-refractivity contribution in [3.05, 3.63) is 163 Å². The summed E-state index contributed by atoms with van der Waals surface area (Å²) in [4.78, 5) is 6.14. The number of nitrogens with zero attached hydrogens (tertiary/aromatic N) is 2. The van der Waals surface area contributed by atoms with E-state index in [1.54, 1.807) is 0 Å². The molecule has 1 unspecified atom stereocenters. The van der Waals surface area contributed by atoms with Crippen molar-refractivity contribution in [3.63, 3.8) is 0 Å². The van der Waals surface area contributed by atoms with E-state index in [0.29, 0.717) is 21.3 Å². The number of benzene rings is 7. The first-order chi connectivity index (χ1) is 24.1. The minimum atomic E-state index is -3.04. The summed E-state index contributed by atoms with van der Waals surface area (Å²) in [6.45, 7) is 0. The van der Waals surface area contributed by atoms with Crippen LogP contribution in [0.25, 0.3) is 66.1 Å². The van der Waals surface area contributed by atoms with Crippen molar-refractivity contribution in [2.75, 3.05) is 0 Å². The zero-order chi connectivity index (χ0) is 32.5.